The predicted octanol–water partition coefficient (Wildman–Crippen LogP) is 2.14. The molecule has 2 rings (SSSR count). The molecule has 26 heavy (non-hydrogen) atoms. The van der Waals surface area contributed by atoms with E-state index in [1.165, 1.54) is 23.5 Å². The molecule has 8 nitrogen and oxygen atoms in total. The lowest BCUT2D eigenvalue weighted by Crippen LogP contribution is -2.33. The van der Waals surface area contributed by atoms with Crippen LogP contribution in [-0.2, 0) is 16.6 Å². The summed E-state index contributed by atoms with van der Waals surface area (Å²) in [4.78, 5) is 10.2. The summed E-state index contributed by atoms with van der Waals surface area (Å²) in [6.07, 6.45) is 0.462. The highest BCUT2D eigenvalue weighted by atomic mass is 32.2. The summed E-state index contributed by atoms with van der Waals surface area (Å²) >= 11 is 0. The zero-order chi connectivity index (χ0) is 19.2. The zero-order valence-electron chi connectivity index (χ0n) is 14.4. The van der Waals surface area contributed by atoms with E-state index in [-0.39, 0.29) is 29.4 Å². The normalized spacial score (nSPS) is 11.5. The third kappa shape index (κ3) is 4.57. The first-order valence-corrected chi connectivity index (χ1v) is 9.40. The summed E-state index contributed by atoms with van der Waals surface area (Å²) in [5, 5.41) is 11.1. The molecular weight excluding hydrogens is 358 g/mol. The molecule has 0 aliphatic heterocycles. The summed E-state index contributed by atoms with van der Waals surface area (Å²) in [5.41, 5.74) is 6.02. The number of rotatable bonds is 9. The molecule has 0 aromatic heterocycles. The van der Waals surface area contributed by atoms with Crippen molar-refractivity contribution in [3.63, 3.8) is 0 Å². The minimum atomic E-state index is -4.02. The molecule has 2 N–H and O–H groups in total. The van der Waals surface area contributed by atoms with Gasteiger partial charge in [0, 0.05) is 25.2 Å². The van der Waals surface area contributed by atoms with Gasteiger partial charge in [-0.15, -0.1) is 0 Å². The quantitative estimate of drug-likeness (QED) is 0.527. The molecule has 0 aliphatic carbocycles. The SMILES string of the molecule is COc1ccc([N+](=O)[O-])cc1S(=O)(=O)N(CCCN)Cc1ccccc1. The lowest BCUT2D eigenvalue weighted by Gasteiger charge is -2.23. The Bertz CT molecular complexity index is 856. The van der Waals surface area contributed by atoms with Crippen molar-refractivity contribution in [2.75, 3.05) is 20.2 Å². The van der Waals surface area contributed by atoms with E-state index in [9.17, 15) is 18.5 Å². The van der Waals surface area contributed by atoms with E-state index in [1.54, 1.807) is 0 Å². The molecule has 0 fully saturated rings. The molecular formula is C17H21N3O5S. The fourth-order valence-corrected chi connectivity index (χ4v) is 4.10. The maximum atomic E-state index is 13.2. The first-order chi connectivity index (χ1) is 12.4. The molecule has 0 heterocycles. The van der Waals surface area contributed by atoms with E-state index in [0.717, 1.165) is 11.6 Å². The van der Waals surface area contributed by atoms with Gasteiger partial charge in [0.1, 0.15) is 10.6 Å². The monoisotopic (exact) mass is 379 g/mol. The van der Waals surface area contributed by atoms with Crippen LogP contribution in [0.4, 0.5) is 5.69 Å². The molecule has 0 saturated carbocycles. The van der Waals surface area contributed by atoms with Crippen LogP contribution in [-0.4, -0.2) is 37.8 Å². The number of hydrogen-bond acceptors (Lipinski definition) is 6. The van der Waals surface area contributed by atoms with E-state index in [1.807, 2.05) is 30.3 Å². The lowest BCUT2D eigenvalue weighted by molar-refractivity contribution is -0.385. The molecule has 0 bridgehead atoms. The average molecular weight is 379 g/mol. The number of nitro benzene ring substituents is 1. The van der Waals surface area contributed by atoms with Gasteiger partial charge in [-0.25, -0.2) is 8.42 Å². The van der Waals surface area contributed by atoms with Crippen LogP contribution >= 0.6 is 0 Å². The van der Waals surface area contributed by atoms with Gasteiger partial charge < -0.3 is 10.5 Å². The summed E-state index contributed by atoms with van der Waals surface area (Å²) in [6.45, 7) is 0.654. The van der Waals surface area contributed by atoms with Crippen LogP contribution < -0.4 is 10.5 Å². The average Bonchev–Trinajstić information content (AvgIpc) is 2.65. The Balaban J connectivity index is 2.48. The van der Waals surface area contributed by atoms with Gasteiger partial charge in [-0.3, -0.25) is 10.1 Å². The van der Waals surface area contributed by atoms with Gasteiger partial charge in [0.2, 0.25) is 10.0 Å². The molecule has 0 spiro atoms. The van der Waals surface area contributed by atoms with Gasteiger partial charge in [-0.05, 0) is 24.6 Å². The third-order valence-corrected chi connectivity index (χ3v) is 5.66. The second-order valence-corrected chi connectivity index (χ2v) is 7.47. The van der Waals surface area contributed by atoms with Crippen molar-refractivity contribution in [2.24, 2.45) is 5.73 Å². The number of hydrogen-bond donors (Lipinski definition) is 1. The number of benzene rings is 2. The molecule has 0 aliphatic rings. The van der Waals surface area contributed by atoms with Gasteiger partial charge in [0.15, 0.2) is 0 Å². The van der Waals surface area contributed by atoms with Gasteiger partial charge >= 0.3 is 0 Å². The largest absolute Gasteiger partial charge is 0.495 e. The smallest absolute Gasteiger partial charge is 0.271 e. The Kier molecular flexibility index (Phi) is 6.67. The summed E-state index contributed by atoms with van der Waals surface area (Å²) < 4.78 is 32.7. The highest BCUT2D eigenvalue weighted by Gasteiger charge is 2.29. The van der Waals surface area contributed by atoms with Crippen LogP contribution in [0.1, 0.15) is 12.0 Å². The minimum absolute atomic E-state index is 0.0569. The van der Waals surface area contributed by atoms with E-state index < -0.39 is 14.9 Å². The first-order valence-electron chi connectivity index (χ1n) is 7.96. The van der Waals surface area contributed by atoms with Crippen LogP contribution in [0.2, 0.25) is 0 Å². The van der Waals surface area contributed by atoms with Gasteiger partial charge in [0.05, 0.1) is 12.0 Å². The number of methoxy groups -OCH3 is 1. The standard InChI is InChI=1S/C17H21N3O5S/c1-25-16-9-8-15(20(21)22)12-17(16)26(23,24)19(11-5-10-18)13-14-6-3-2-4-7-14/h2-4,6-9,12H,5,10-11,13,18H2,1H3. The van der Waals surface area contributed by atoms with Gasteiger partial charge in [-0.1, -0.05) is 30.3 Å². The van der Waals surface area contributed by atoms with Gasteiger partial charge in [0.25, 0.3) is 5.69 Å². The fourth-order valence-electron chi connectivity index (χ4n) is 2.46. The van der Waals surface area contributed by atoms with Crippen LogP contribution in [0, 0.1) is 10.1 Å². The van der Waals surface area contributed by atoms with Gasteiger partial charge in [-0.2, -0.15) is 4.31 Å². The topological polar surface area (TPSA) is 116 Å². The van der Waals surface area contributed by atoms with Crippen molar-refractivity contribution in [3.05, 3.63) is 64.2 Å². The number of non-ortho nitro benzene ring substituents is 1. The maximum absolute atomic E-state index is 13.2. The Hall–Kier alpha value is -2.49. The second kappa shape index (κ2) is 8.75. The minimum Gasteiger partial charge on any atom is -0.495 e. The highest BCUT2D eigenvalue weighted by molar-refractivity contribution is 7.89. The molecule has 0 amide bonds. The highest BCUT2D eigenvalue weighted by Crippen LogP contribution is 2.31. The second-order valence-electron chi connectivity index (χ2n) is 5.56. The number of nitrogens with zero attached hydrogens (tertiary/aromatic N) is 2. The van der Waals surface area contributed by atoms with Crippen LogP contribution in [0.25, 0.3) is 0 Å². The summed E-state index contributed by atoms with van der Waals surface area (Å²) in [5.74, 6) is 0.0569. The van der Waals surface area contributed by atoms with Crippen LogP contribution in [0.5, 0.6) is 5.75 Å². The van der Waals surface area contributed by atoms with Crippen LogP contribution in [0.3, 0.4) is 0 Å². The predicted molar refractivity (Wildman–Crippen MR) is 97.4 cm³/mol. The Morgan fingerprint density at radius 1 is 1.19 bits per heavy atom. The van der Waals surface area contributed by atoms with Crippen molar-refractivity contribution < 1.29 is 18.1 Å². The molecule has 0 saturated heterocycles. The van der Waals surface area contributed by atoms with Crippen molar-refractivity contribution in [1.29, 1.82) is 0 Å². The molecule has 2 aromatic carbocycles. The summed E-state index contributed by atoms with van der Waals surface area (Å²) in [7, 11) is -2.70. The van der Waals surface area contributed by atoms with Crippen molar-refractivity contribution in [3.8, 4) is 5.75 Å². The van der Waals surface area contributed by atoms with E-state index in [0.29, 0.717) is 13.0 Å². The Labute approximate surface area is 152 Å². The summed E-state index contributed by atoms with van der Waals surface area (Å²) in [6, 6.07) is 12.6. The maximum Gasteiger partial charge on any atom is 0.271 e. The molecule has 0 atom stereocenters. The number of nitro groups is 1. The lowest BCUT2D eigenvalue weighted by atomic mass is 10.2. The number of ether oxygens (including phenoxy) is 1. The third-order valence-electron chi connectivity index (χ3n) is 3.79. The molecule has 0 unspecified atom stereocenters. The molecule has 2 aromatic rings. The number of sulfonamides is 1. The zero-order valence-corrected chi connectivity index (χ0v) is 15.2. The van der Waals surface area contributed by atoms with Crippen molar-refractivity contribution in [2.45, 2.75) is 17.9 Å². The molecule has 9 heteroatoms. The van der Waals surface area contributed by atoms with E-state index >= 15 is 0 Å². The fraction of sp³-hybridized carbons (Fsp3) is 0.294. The van der Waals surface area contributed by atoms with Crippen molar-refractivity contribution in [1.82, 2.24) is 4.31 Å². The van der Waals surface area contributed by atoms with E-state index in [4.69, 9.17) is 10.5 Å². The Morgan fingerprint density at radius 2 is 1.88 bits per heavy atom. The van der Waals surface area contributed by atoms with Crippen molar-refractivity contribution >= 4 is 15.7 Å². The number of nitrogens with two attached hydrogens (primary N) is 1. The van der Waals surface area contributed by atoms with E-state index in [2.05, 4.69) is 0 Å². The molecule has 0 radical (unpaired) electrons. The Morgan fingerprint density at radius 3 is 2.46 bits per heavy atom. The molecule has 140 valence electrons. The first kappa shape index (κ1) is 19.8. The van der Waals surface area contributed by atoms with Crippen LogP contribution in [0.15, 0.2) is 53.4 Å².